The fraction of sp³-hybridized carbons (Fsp3) is 0.500. The lowest BCUT2D eigenvalue weighted by Gasteiger charge is -2.33. The van der Waals surface area contributed by atoms with Crippen LogP contribution < -0.4 is 5.73 Å². The van der Waals surface area contributed by atoms with Crippen LogP contribution in [0.25, 0.3) is 0 Å². The highest BCUT2D eigenvalue weighted by Gasteiger charge is 2.54. The zero-order valence-corrected chi connectivity index (χ0v) is 15.4. The maximum Gasteiger partial charge on any atom is 0.411 e. The van der Waals surface area contributed by atoms with Crippen LogP contribution in [-0.4, -0.2) is 63.5 Å². The van der Waals surface area contributed by atoms with Crippen LogP contribution in [0.3, 0.4) is 0 Å². The average molecular weight is 386 g/mol. The summed E-state index contributed by atoms with van der Waals surface area (Å²) in [5, 5.41) is 0. The van der Waals surface area contributed by atoms with Crippen LogP contribution in [0, 0.1) is 0 Å². The summed E-state index contributed by atoms with van der Waals surface area (Å²) in [5.41, 5.74) is 4.73. The molecule has 0 radical (unpaired) electrons. The lowest BCUT2D eigenvalue weighted by Crippen LogP contribution is -2.58. The summed E-state index contributed by atoms with van der Waals surface area (Å²) in [6.07, 6.45) is -0.934. The predicted molar refractivity (Wildman–Crippen MR) is 91.5 cm³/mol. The van der Waals surface area contributed by atoms with Gasteiger partial charge < -0.3 is 15.2 Å². The van der Waals surface area contributed by atoms with Crippen molar-refractivity contribution in [1.29, 1.82) is 0 Å². The molecule has 0 aromatic heterocycles. The van der Waals surface area contributed by atoms with E-state index in [9.17, 15) is 18.0 Å². The van der Waals surface area contributed by atoms with Gasteiger partial charge in [0.2, 0.25) is 5.91 Å². The minimum Gasteiger partial charge on any atom is -0.445 e. The molecular weight excluding hydrogens is 364 g/mol. The van der Waals surface area contributed by atoms with Crippen molar-refractivity contribution < 1.29 is 31.7 Å². The smallest absolute Gasteiger partial charge is 0.411 e. The Bertz CT molecular complexity index is 753. The first-order valence-electron chi connectivity index (χ1n) is 7.83. The fourth-order valence-corrected chi connectivity index (χ4v) is 3.59. The van der Waals surface area contributed by atoms with Crippen molar-refractivity contribution in [3.05, 3.63) is 35.9 Å². The number of hydrogen-bond donors (Lipinski definition) is 1. The van der Waals surface area contributed by atoms with Crippen LogP contribution in [0.1, 0.15) is 12.0 Å². The Hall–Kier alpha value is -2.17. The largest absolute Gasteiger partial charge is 0.445 e. The van der Waals surface area contributed by atoms with Crippen molar-refractivity contribution in [2.45, 2.75) is 24.7 Å². The Morgan fingerprint density at radius 3 is 2.50 bits per heavy atom. The van der Waals surface area contributed by atoms with E-state index in [1.54, 1.807) is 24.3 Å². The van der Waals surface area contributed by atoms with Gasteiger partial charge in [-0.1, -0.05) is 30.3 Å². The molecule has 0 spiro atoms. The minimum absolute atomic E-state index is 0.00437. The maximum absolute atomic E-state index is 12.6. The third kappa shape index (κ3) is 4.71. The van der Waals surface area contributed by atoms with Gasteiger partial charge in [-0.15, -0.1) is 0 Å². The number of benzene rings is 1. The Kier molecular flexibility index (Phi) is 6.21. The normalized spacial score (nSPS) is 23.0. The summed E-state index contributed by atoms with van der Waals surface area (Å²) in [5.74, 6) is -0.824. The molecule has 0 aliphatic carbocycles. The van der Waals surface area contributed by atoms with Gasteiger partial charge in [0.05, 0.1) is 25.5 Å². The molecule has 144 valence electrons. The van der Waals surface area contributed by atoms with Crippen molar-refractivity contribution in [1.82, 2.24) is 4.90 Å². The van der Waals surface area contributed by atoms with Gasteiger partial charge in [-0.3, -0.25) is 13.9 Å². The molecule has 9 nitrogen and oxygen atoms in total. The first-order valence-corrected chi connectivity index (χ1v) is 9.65. The van der Waals surface area contributed by atoms with Crippen molar-refractivity contribution in [3.8, 4) is 0 Å². The lowest BCUT2D eigenvalue weighted by molar-refractivity contribution is -0.131. The topological polar surface area (TPSA) is 125 Å². The zero-order chi connectivity index (χ0) is 19.4. The number of likely N-dealkylation sites (tertiary alicyclic amines) is 1. The Morgan fingerprint density at radius 2 is 1.96 bits per heavy atom. The molecule has 2 atom stereocenters. The van der Waals surface area contributed by atoms with Gasteiger partial charge in [-0.05, 0) is 5.56 Å². The molecule has 0 saturated carbocycles. The number of primary amides is 1. The van der Waals surface area contributed by atoms with E-state index in [0.717, 1.165) is 16.7 Å². The molecule has 1 fully saturated rings. The van der Waals surface area contributed by atoms with Crippen LogP contribution in [0.2, 0.25) is 0 Å². The molecule has 1 heterocycles. The second kappa shape index (κ2) is 8.02. The number of amides is 2. The monoisotopic (exact) mass is 386 g/mol. The zero-order valence-electron chi connectivity index (χ0n) is 14.6. The number of rotatable bonds is 7. The van der Waals surface area contributed by atoms with Crippen LogP contribution in [-0.2, 0) is 35.2 Å². The highest BCUT2D eigenvalue weighted by Crippen LogP contribution is 2.33. The molecule has 0 bridgehead atoms. The average Bonchev–Trinajstić information content (AvgIpc) is 2.91. The minimum atomic E-state index is -3.77. The summed E-state index contributed by atoms with van der Waals surface area (Å²) >= 11 is 0. The van der Waals surface area contributed by atoms with Gasteiger partial charge in [0, 0.05) is 13.5 Å². The fourth-order valence-electron chi connectivity index (χ4n) is 2.97. The van der Waals surface area contributed by atoms with E-state index < -0.39 is 33.8 Å². The summed E-state index contributed by atoms with van der Waals surface area (Å²) in [6.45, 7) is -0.366. The Labute approximate surface area is 152 Å². The second-order valence-electron chi connectivity index (χ2n) is 6.11. The number of nitrogens with two attached hydrogens (primary N) is 1. The van der Waals surface area contributed by atoms with Crippen molar-refractivity contribution in [2.24, 2.45) is 5.73 Å². The van der Waals surface area contributed by atoms with Gasteiger partial charge in [-0.25, -0.2) is 4.79 Å². The van der Waals surface area contributed by atoms with Crippen molar-refractivity contribution in [2.75, 3.05) is 26.5 Å². The maximum atomic E-state index is 12.6. The summed E-state index contributed by atoms with van der Waals surface area (Å²) in [7, 11) is -2.42. The standard InChI is InChI=1S/C16H22N2O7S/c1-23-11-16(14(17)19)8-13(25-26(2,21)22)9-18(16)15(20)24-10-12-6-4-3-5-7-12/h3-7,13H,8-11H2,1-2H3,(H2,17,19)/t13-,16+/m1/s1. The number of carbonyl (C=O) groups excluding carboxylic acids is 2. The molecule has 0 unspecified atom stereocenters. The van der Waals surface area contributed by atoms with Gasteiger partial charge in [0.25, 0.3) is 10.1 Å². The number of carbonyl (C=O) groups is 2. The first kappa shape index (κ1) is 20.1. The quantitative estimate of drug-likeness (QED) is 0.666. The SMILES string of the molecule is COC[C@]1(C(N)=O)C[C@@H](OS(C)(=O)=O)CN1C(=O)OCc1ccccc1. The van der Waals surface area contributed by atoms with Crippen molar-refractivity contribution >= 4 is 22.1 Å². The van der Waals surface area contributed by atoms with E-state index in [4.69, 9.17) is 19.4 Å². The summed E-state index contributed by atoms with van der Waals surface area (Å²) < 4.78 is 38.1. The van der Waals surface area contributed by atoms with Gasteiger partial charge in [-0.2, -0.15) is 8.42 Å². The summed E-state index contributed by atoms with van der Waals surface area (Å²) in [4.78, 5) is 25.7. The van der Waals surface area contributed by atoms with E-state index in [0.29, 0.717) is 0 Å². The van der Waals surface area contributed by atoms with Crippen LogP contribution >= 0.6 is 0 Å². The predicted octanol–water partition coefficient (Wildman–Crippen LogP) is 0.244. The molecule has 1 aliphatic rings. The van der Waals surface area contributed by atoms with Gasteiger partial charge in [0.1, 0.15) is 6.61 Å². The highest BCUT2D eigenvalue weighted by molar-refractivity contribution is 7.86. The molecule has 2 N–H and O–H groups in total. The van der Waals surface area contributed by atoms with E-state index in [2.05, 4.69) is 0 Å². The molecule has 1 aromatic rings. The summed E-state index contributed by atoms with van der Waals surface area (Å²) in [6, 6.07) is 8.99. The number of nitrogens with zero attached hydrogens (tertiary/aromatic N) is 1. The highest BCUT2D eigenvalue weighted by atomic mass is 32.2. The number of methoxy groups -OCH3 is 1. The number of hydrogen-bond acceptors (Lipinski definition) is 7. The Morgan fingerprint density at radius 1 is 1.31 bits per heavy atom. The van der Waals surface area contributed by atoms with Crippen molar-refractivity contribution in [3.63, 3.8) is 0 Å². The molecular formula is C16H22N2O7S. The molecule has 1 aromatic carbocycles. The second-order valence-corrected chi connectivity index (χ2v) is 7.71. The van der Waals surface area contributed by atoms with Crippen LogP contribution in [0.4, 0.5) is 4.79 Å². The lowest BCUT2D eigenvalue weighted by atomic mass is 9.96. The Balaban J connectivity index is 2.20. The van der Waals surface area contributed by atoms with E-state index in [1.165, 1.54) is 7.11 Å². The van der Waals surface area contributed by atoms with E-state index >= 15 is 0 Å². The molecule has 26 heavy (non-hydrogen) atoms. The van der Waals surface area contributed by atoms with E-state index in [-0.39, 0.29) is 26.2 Å². The van der Waals surface area contributed by atoms with Crippen LogP contribution in [0.15, 0.2) is 30.3 Å². The van der Waals surface area contributed by atoms with Crippen LogP contribution in [0.5, 0.6) is 0 Å². The van der Waals surface area contributed by atoms with Gasteiger partial charge >= 0.3 is 6.09 Å². The molecule has 10 heteroatoms. The molecule has 1 aliphatic heterocycles. The van der Waals surface area contributed by atoms with Gasteiger partial charge in [0.15, 0.2) is 5.54 Å². The third-order valence-electron chi connectivity index (χ3n) is 4.05. The molecule has 2 rings (SSSR count). The first-order chi connectivity index (χ1) is 12.2. The molecule has 2 amide bonds. The van der Waals surface area contributed by atoms with E-state index in [1.807, 2.05) is 6.07 Å². The molecule has 1 saturated heterocycles. The number of ether oxygens (including phenoxy) is 2. The third-order valence-corrected chi connectivity index (χ3v) is 4.67.